The molecule has 1 atom stereocenters. The summed E-state index contributed by atoms with van der Waals surface area (Å²) in [5.74, 6) is 1.49. The van der Waals surface area contributed by atoms with Gasteiger partial charge >= 0.3 is 0 Å². The first-order valence-electron chi connectivity index (χ1n) is 10.2. The van der Waals surface area contributed by atoms with Crippen LogP contribution in [-0.2, 0) is 0 Å². The van der Waals surface area contributed by atoms with E-state index >= 15 is 0 Å². The topological polar surface area (TPSA) is 91.3 Å². The second-order valence-electron chi connectivity index (χ2n) is 7.49. The third-order valence-electron chi connectivity index (χ3n) is 5.54. The summed E-state index contributed by atoms with van der Waals surface area (Å²) in [5.41, 5.74) is 4.86. The van der Waals surface area contributed by atoms with Crippen LogP contribution in [0.15, 0.2) is 85.7 Å². The van der Waals surface area contributed by atoms with E-state index in [0.717, 1.165) is 34.0 Å². The Kier molecular flexibility index (Phi) is 4.17. The van der Waals surface area contributed by atoms with Gasteiger partial charge in [-0.05, 0) is 30.7 Å². The molecule has 1 unspecified atom stereocenters. The molecule has 5 aromatic rings. The highest BCUT2D eigenvalue weighted by Crippen LogP contribution is 2.37. The van der Waals surface area contributed by atoms with Gasteiger partial charge in [-0.2, -0.15) is 10.2 Å². The molecule has 1 N–H and O–H groups in total. The van der Waals surface area contributed by atoms with Crippen molar-refractivity contribution in [2.24, 2.45) is 0 Å². The van der Waals surface area contributed by atoms with Gasteiger partial charge in [0.05, 0.1) is 17.4 Å². The van der Waals surface area contributed by atoms with Crippen molar-refractivity contribution in [2.75, 3.05) is 5.32 Å². The predicted molar refractivity (Wildman–Crippen MR) is 119 cm³/mol. The maximum atomic E-state index is 4.89. The van der Waals surface area contributed by atoms with Gasteiger partial charge in [0.25, 0.3) is 0 Å². The second-order valence-corrected chi connectivity index (χ2v) is 7.49. The molecule has 156 valence electrons. The lowest BCUT2D eigenvalue weighted by atomic mass is 10.0. The molecule has 0 aliphatic carbocycles. The Balaban J connectivity index is 1.60. The van der Waals surface area contributed by atoms with E-state index in [1.54, 1.807) is 17.3 Å². The van der Waals surface area contributed by atoms with Crippen LogP contribution in [0, 0.1) is 6.92 Å². The average molecular weight is 421 g/mol. The van der Waals surface area contributed by atoms with Crippen LogP contribution in [0.4, 0.5) is 5.95 Å². The summed E-state index contributed by atoms with van der Waals surface area (Å²) in [6.07, 6.45) is 7.12. The summed E-state index contributed by atoms with van der Waals surface area (Å²) in [6.45, 7) is 2.01. The van der Waals surface area contributed by atoms with E-state index in [0.29, 0.717) is 5.95 Å². The number of allylic oxidation sites excluding steroid dienone is 1. The highest BCUT2D eigenvalue weighted by Gasteiger charge is 2.30. The van der Waals surface area contributed by atoms with Crippen LogP contribution >= 0.6 is 0 Å². The molecule has 2 aromatic carbocycles. The lowest BCUT2D eigenvalue weighted by Crippen LogP contribution is -2.20. The van der Waals surface area contributed by atoms with Crippen LogP contribution in [0.5, 0.6) is 0 Å². The maximum Gasteiger partial charge on any atom is 0.229 e. The van der Waals surface area contributed by atoms with Crippen LogP contribution < -0.4 is 5.32 Å². The van der Waals surface area contributed by atoms with Crippen molar-refractivity contribution < 1.29 is 0 Å². The minimum atomic E-state index is -0.187. The number of nitrogens with one attached hydrogen (secondary N) is 1. The highest BCUT2D eigenvalue weighted by atomic mass is 15.4. The first-order chi connectivity index (χ1) is 15.8. The predicted octanol–water partition coefficient (Wildman–Crippen LogP) is 3.41. The van der Waals surface area contributed by atoms with E-state index in [4.69, 9.17) is 5.10 Å². The molecule has 4 heterocycles. The van der Waals surface area contributed by atoms with Gasteiger partial charge in [-0.15, -0.1) is 10.2 Å². The summed E-state index contributed by atoms with van der Waals surface area (Å²) in [5, 5.41) is 21.2. The van der Waals surface area contributed by atoms with Crippen molar-refractivity contribution in [3.8, 4) is 11.5 Å². The Morgan fingerprint density at radius 1 is 0.938 bits per heavy atom. The largest absolute Gasteiger partial charge is 0.324 e. The number of anilines is 1. The Labute approximate surface area is 183 Å². The highest BCUT2D eigenvalue weighted by molar-refractivity contribution is 5.77. The third kappa shape index (κ3) is 2.90. The van der Waals surface area contributed by atoms with Crippen molar-refractivity contribution >= 4 is 11.6 Å². The molecule has 1 aliphatic rings. The molecule has 6 rings (SSSR count). The van der Waals surface area contributed by atoms with E-state index in [2.05, 4.69) is 43.8 Å². The summed E-state index contributed by atoms with van der Waals surface area (Å²) in [6, 6.07) is 20.0. The molecular formula is C23H19N9. The fourth-order valence-corrected chi connectivity index (χ4v) is 4.11. The standard InChI is InChI=1S/C23H19N9/c1-16-21(22(31-14-24-13-26-31)32(29-16)18-10-6-3-7-11-18)20-12-19(17-8-4-2-5-9-17)27-23-28-25-15-30(20)23/h2-15,20H,1H3,(H,27,28). The van der Waals surface area contributed by atoms with Gasteiger partial charge in [-0.1, -0.05) is 48.5 Å². The maximum absolute atomic E-state index is 4.89. The lowest BCUT2D eigenvalue weighted by Gasteiger charge is -2.25. The Morgan fingerprint density at radius 2 is 1.72 bits per heavy atom. The molecule has 3 aromatic heterocycles. The minimum absolute atomic E-state index is 0.187. The van der Waals surface area contributed by atoms with Gasteiger partial charge in [-0.3, -0.25) is 4.57 Å². The summed E-state index contributed by atoms with van der Waals surface area (Å²) >= 11 is 0. The molecule has 1 aliphatic heterocycles. The number of fused-ring (bicyclic) bond motifs is 1. The molecular weight excluding hydrogens is 402 g/mol. The van der Waals surface area contributed by atoms with Gasteiger partial charge in [0.2, 0.25) is 5.95 Å². The lowest BCUT2D eigenvalue weighted by molar-refractivity contribution is 0.677. The van der Waals surface area contributed by atoms with Gasteiger partial charge < -0.3 is 5.32 Å². The van der Waals surface area contributed by atoms with Crippen molar-refractivity contribution in [2.45, 2.75) is 13.0 Å². The summed E-state index contributed by atoms with van der Waals surface area (Å²) < 4.78 is 5.66. The van der Waals surface area contributed by atoms with Gasteiger partial charge in [-0.25, -0.2) is 14.3 Å². The zero-order valence-electron chi connectivity index (χ0n) is 17.2. The molecule has 0 spiro atoms. The van der Waals surface area contributed by atoms with Crippen molar-refractivity contribution in [1.29, 1.82) is 0 Å². The van der Waals surface area contributed by atoms with Crippen LogP contribution in [-0.4, -0.2) is 39.3 Å². The number of aromatic nitrogens is 8. The van der Waals surface area contributed by atoms with Crippen LogP contribution in [0.3, 0.4) is 0 Å². The summed E-state index contributed by atoms with van der Waals surface area (Å²) in [4.78, 5) is 4.18. The van der Waals surface area contributed by atoms with E-state index in [1.165, 1.54) is 6.33 Å². The van der Waals surface area contributed by atoms with Crippen LogP contribution in [0.2, 0.25) is 0 Å². The third-order valence-corrected chi connectivity index (χ3v) is 5.54. The fourth-order valence-electron chi connectivity index (χ4n) is 4.11. The van der Waals surface area contributed by atoms with Crippen molar-refractivity contribution in [1.82, 2.24) is 39.3 Å². The smallest absolute Gasteiger partial charge is 0.229 e. The number of hydrogen-bond acceptors (Lipinski definition) is 6. The average Bonchev–Trinajstić information content (AvgIpc) is 3.59. The van der Waals surface area contributed by atoms with Crippen molar-refractivity contribution in [3.63, 3.8) is 0 Å². The summed E-state index contributed by atoms with van der Waals surface area (Å²) in [7, 11) is 0. The molecule has 0 radical (unpaired) electrons. The monoisotopic (exact) mass is 421 g/mol. The molecule has 9 heteroatoms. The van der Waals surface area contributed by atoms with E-state index in [9.17, 15) is 0 Å². The SMILES string of the molecule is Cc1nn(-c2ccccc2)c(-n2cncn2)c1C1C=C(c2ccccc2)Nc2nncn21. The molecule has 0 amide bonds. The van der Waals surface area contributed by atoms with E-state index in [1.807, 2.05) is 64.7 Å². The normalized spacial score (nSPS) is 15.2. The Bertz CT molecular complexity index is 1400. The Morgan fingerprint density at radius 3 is 2.47 bits per heavy atom. The Hall–Kier alpha value is -4.53. The molecule has 0 saturated carbocycles. The number of hydrogen-bond donors (Lipinski definition) is 1. The number of aryl methyl sites for hydroxylation is 1. The number of benzene rings is 2. The fraction of sp³-hybridized carbons (Fsp3) is 0.0870. The number of para-hydroxylation sites is 1. The molecule has 0 saturated heterocycles. The number of rotatable bonds is 4. The van der Waals surface area contributed by atoms with Gasteiger partial charge in [0.15, 0.2) is 5.82 Å². The quantitative estimate of drug-likeness (QED) is 0.478. The first kappa shape index (κ1) is 18.3. The first-order valence-corrected chi connectivity index (χ1v) is 10.2. The van der Waals surface area contributed by atoms with E-state index < -0.39 is 0 Å². The number of nitrogens with zero attached hydrogens (tertiary/aromatic N) is 8. The zero-order chi connectivity index (χ0) is 21.5. The molecule has 9 nitrogen and oxygen atoms in total. The zero-order valence-corrected chi connectivity index (χ0v) is 17.2. The molecule has 0 bridgehead atoms. The van der Waals surface area contributed by atoms with Crippen LogP contribution in [0.25, 0.3) is 17.2 Å². The van der Waals surface area contributed by atoms with Crippen LogP contribution in [0.1, 0.15) is 22.9 Å². The second kappa shape index (κ2) is 7.31. The van der Waals surface area contributed by atoms with E-state index in [-0.39, 0.29) is 6.04 Å². The van der Waals surface area contributed by atoms with Gasteiger partial charge in [0, 0.05) is 11.3 Å². The molecule has 0 fully saturated rings. The van der Waals surface area contributed by atoms with Crippen molar-refractivity contribution in [3.05, 3.63) is 103 Å². The van der Waals surface area contributed by atoms with Gasteiger partial charge in [0.1, 0.15) is 19.0 Å². The molecule has 32 heavy (non-hydrogen) atoms. The minimum Gasteiger partial charge on any atom is -0.324 e.